The zero-order valence-electron chi connectivity index (χ0n) is 6.83. The van der Waals surface area contributed by atoms with Crippen molar-refractivity contribution in [2.45, 2.75) is 13.2 Å². The second-order valence-electron chi connectivity index (χ2n) is 2.93. The molecule has 4 heteroatoms. The highest BCUT2D eigenvalue weighted by molar-refractivity contribution is 5.41. The lowest BCUT2D eigenvalue weighted by Crippen LogP contribution is -2.23. The van der Waals surface area contributed by atoms with Gasteiger partial charge in [0.15, 0.2) is 0 Å². The normalized spacial score (nSPS) is 14.8. The Morgan fingerprint density at radius 2 is 2.33 bits per heavy atom. The number of anilines is 1. The summed E-state index contributed by atoms with van der Waals surface area (Å²) in [6, 6.07) is 1.70. The van der Waals surface area contributed by atoms with Crippen LogP contribution in [0.3, 0.4) is 0 Å². The molecular formula is C8H10N2O2. The lowest BCUT2D eigenvalue weighted by molar-refractivity contribution is 0.132. The summed E-state index contributed by atoms with van der Waals surface area (Å²) < 4.78 is 6.74. The molecule has 2 rings (SSSR count). The first-order valence-electron chi connectivity index (χ1n) is 3.75. The maximum Gasteiger partial charge on any atom is 0.273 e. The van der Waals surface area contributed by atoms with Gasteiger partial charge in [0, 0.05) is 12.6 Å². The van der Waals surface area contributed by atoms with E-state index in [0.717, 1.165) is 11.3 Å². The van der Waals surface area contributed by atoms with E-state index in [-0.39, 0.29) is 5.56 Å². The summed E-state index contributed by atoms with van der Waals surface area (Å²) in [4.78, 5) is 11.3. The number of nitrogens with two attached hydrogens (primary N) is 1. The first-order valence-corrected chi connectivity index (χ1v) is 3.75. The van der Waals surface area contributed by atoms with Crippen molar-refractivity contribution >= 4 is 5.69 Å². The second-order valence-corrected chi connectivity index (χ2v) is 2.93. The monoisotopic (exact) mass is 166 g/mol. The fourth-order valence-corrected chi connectivity index (χ4v) is 1.44. The Hall–Kier alpha value is -1.29. The van der Waals surface area contributed by atoms with Crippen molar-refractivity contribution < 1.29 is 4.74 Å². The third-order valence-electron chi connectivity index (χ3n) is 2.15. The molecule has 0 fully saturated rings. The smallest absolute Gasteiger partial charge is 0.273 e. The number of pyridine rings is 1. The highest BCUT2D eigenvalue weighted by Gasteiger charge is 2.15. The largest absolute Gasteiger partial charge is 0.394 e. The number of hydrogen-bond donors (Lipinski definition) is 1. The Labute approximate surface area is 69.6 Å². The first kappa shape index (κ1) is 7.36. The number of nitrogens with zero attached hydrogens (tertiary/aromatic N) is 1. The molecule has 1 aliphatic heterocycles. The van der Waals surface area contributed by atoms with E-state index in [1.807, 2.05) is 0 Å². The van der Waals surface area contributed by atoms with E-state index in [9.17, 15) is 4.79 Å². The minimum atomic E-state index is -0.140. The fraction of sp³-hybridized carbons (Fsp3) is 0.375. The predicted octanol–water partition coefficient (Wildman–Crippen LogP) is -0.00230. The van der Waals surface area contributed by atoms with E-state index in [2.05, 4.69) is 0 Å². The van der Waals surface area contributed by atoms with Gasteiger partial charge >= 0.3 is 0 Å². The van der Waals surface area contributed by atoms with Crippen LogP contribution in [0.4, 0.5) is 5.69 Å². The number of ether oxygens (including phenoxy) is 1. The molecule has 0 atom stereocenters. The molecule has 0 aliphatic carbocycles. The molecule has 1 aromatic heterocycles. The third-order valence-corrected chi connectivity index (χ3v) is 2.15. The van der Waals surface area contributed by atoms with E-state index in [1.54, 1.807) is 17.7 Å². The summed E-state index contributed by atoms with van der Waals surface area (Å²) in [5.74, 6) is 0. The van der Waals surface area contributed by atoms with Crippen molar-refractivity contribution in [2.75, 3.05) is 5.73 Å². The average Bonchev–Trinajstić information content (AvgIpc) is 2.48. The Morgan fingerprint density at radius 1 is 1.58 bits per heavy atom. The Bertz CT molecular complexity index is 381. The van der Waals surface area contributed by atoms with Crippen LogP contribution < -0.4 is 11.3 Å². The maximum absolute atomic E-state index is 11.3. The Kier molecular flexibility index (Phi) is 1.44. The van der Waals surface area contributed by atoms with Crippen molar-refractivity contribution in [3.63, 3.8) is 0 Å². The highest BCUT2D eigenvalue weighted by atomic mass is 16.5. The average molecular weight is 166 g/mol. The van der Waals surface area contributed by atoms with E-state index in [0.29, 0.717) is 18.9 Å². The van der Waals surface area contributed by atoms with Gasteiger partial charge in [-0.3, -0.25) is 4.79 Å². The zero-order valence-corrected chi connectivity index (χ0v) is 6.83. The van der Waals surface area contributed by atoms with Gasteiger partial charge in [-0.1, -0.05) is 0 Å². The van der Waals surface area contributed by atoms with E-state index in [1.165, 1.54) is 0 Å². The van der Waals surface area contributed by atoms with Crippen LogP contribution in [0, 0.1) is 0 Å². The number of rotatable bonds is 0. The van der Waals surface area contributed by atoms with Gasteiger partial charge in [-0.05, 0) is 6.07 Å². The molecule has 0 saturated heterocycles. The van der Waals surface area contributed by atoms with Crippen LogP contribution >= 0.6 is 0 Å². The summed E-state index contributed by atoms with van der Waals surface area (Å²) in [5.41, 5.74) is 7.62. The number of fused-ring (bicyclic) bond motifs is 1. The molecule has 1 aliphatic rings. The van der Waals surface area contributed by atoms with Crippen LogP contribution in [-0.2, 0) is 25.0 Å². The molecule has 0 amide bonds. The van der Waals surface area contributed by atoms with E-state index in [4.69, 9.17) is 10.5 Å². The quantitative estimate of drug-likeness (QED) is 0.590. The van der Waals surface area contributed by atoms with Crippen molar-refractivity contribution in [1.82, 2.24) is 4.57 Å². The molecule has 0 unspecified atom stereocenters. The maximum atomic E-state index is 11.3. The Balaban J connectivity index is 2.76. The summed E-state index contributed by atoms with van der Waals surface area (Å²) in [6.07, 6.45) is 0. The topological polar surface area (TPSA) is 57.2 Å². The zero-order chi connectivity index (χ0) is 8.72. The van der Waals surface area contributed by atoms with Crippen molar-refractivity contribution in [2.24, 2.45) is 7.05 Å². The molecule has 12 heavy (non-hydrogen) atoms. The molecule has 2 heterocycles. The number of nitrogen functional groups attached to an aromatic ring is 1. The third kappa shape index (κ3) is 0.848. The minimum Gasteiger partial charge on any atom is -0.394 e. The molecule has 0 aromatic carbocycles. The van der Waals surface area contributed by atoms with Crippen LogP contribution in [0.15, 0.2) is 10.9 Å². The minimum absolute atomic E-state index is 0.140. The summed E-state index contributed by atoms with van der Waals surface area (Å²) >= 11 is 0. The molecule has 4 nitrogen and oxygen atoms in total. The Morgan fingerprint density at radius 3 is 3.08 bits per heavy atom. The van der Waals surface area contributed by atoms with Gasteiger partial charge in [0.1, 0.15) is 0 Å². The van der Waals surface area contributed by atoms with Crippen LogP contribution in [0.1, 0.15) is 11.3 Å². The van der Waals surface area contributed by atoms with Crippen LogP contribution in [0.2, 0.25) is 0 Å². The van der Waals surface area contributed by atoms with Gasteiger partial charge in [-0.25, -0.2) is 0 Å². The molecule has 0 radical (unpaired) electrons. The predicted molar refractivity (Wildman–Crippen MR) is 44.6 cm³/mol. The van der Waals surface area contributed by atoms with Gasteiger partial charge in [-0.2, -0.15) is 0 Å². The number of aromatic nitrogens is 1. The van der Waals surface area contributed by atoms with E-state index >= 15 is 0 Å². The van der Waals surface area contributed by atoms with Gasteiger partial charge in [0.2, 0.25) is 0 Å². The van der Waals surface area contributed by atoms with Crippen molar-refractivity contribution in [3.8, 4) is 0 Å². The first-order chi connectivity index (χ1) is 5.70. The van der Waals surface area contributed by atoms with Crippen molar-refractivity contribution in [3.05, 3.63) is 27.7 Å². The van der Waals surface area contributed by atoms with Gasteiger partial charge < -0.3 is 15.0 Å². The van der Waals surface area contributed by atoms with Crippen LogP contribution in [-0.4, -0.2) is 4.57 Å². The van der Waals surface area contributed by atoms with Crippen LogP contribution in [0.5, 0.6) is 0 Å². The van der Waals surface area contributed by atoms with Crippen LogP contribution in [0.25, 0.3) is 0 Å². The van der Waals surface area contributed by atoms with Crippen molar-refractivity contribution in [1.29, 1.82) is 0 Å². The standard InChI is InChI=1S/C8H10N2O2/c1-10-7-4-12-3-5(7)2-6(9)8(10)11/h2H,3-4,9H2,1H3. The molecular weight excluding hydrogens is 156 g/mol. The van der Waals surface area contributed by atoms with E-state index < -0.39 is 0 Å². The molecule has 0 spiro atoms. The second kappa shape index (κ2) is 2.35. The molecule has 0 bridgehead atoms. The van der Waals surface area contributed by atoms with Gasteiger partial charge in [-0.15, -0.1) is 0 Å². The molecule has 0 saturated carbocycles. The summed E-state index contributed by atoms with van der Waals surface area (Å²) in [6.45, 7) is 1.08. The number of hydrogen-bond acceptors (Lipinski definition) is 3. The molecule has 2 N–H and O–H groups in total. The summed E-state index contributed by atoms with van der Waals surface area (Å²) in [7, 11) is 1.71. The lowest BCUT2D eigenvalue weighted by atomic mass is 10.2. The fourth-order valence-electron chi connectivity index (χ4n) is 1.44. The molecule has 64 valence electrons. The summed E-state index contributed by atoms with van der Waals surface area (Å²) in [5, 5.41) is 0. The molecule has 1 aromatic rings. The lowest BCUT2D eigenvalue weighted by Gasteiger charge is -2.05. The highest BCUT2D eigenvalue weighted by Crippen LogP contribution is 2.18. The van der Waals surface area contributed by atoms with Gasteiger partial charge in [0.05, 0.1) is 24.6 Å². The van der Waals surface area contributed by atoms with Gasteiger partial charge in [0.25, 0.3) is 5.56 Å². The SMILES string of the molecule is Cn1c2c(cc(N)c1=O)COC2.